The number of aliphatic hydroxyl groups is 1. The van der Waals surface area contributed by atoms with Gasteiger partial charge in [-0.3, -0.25) is 0 Å². The lowest BCUT2D eigenvalue weighted by Gasteiger charge is -2.06. The van der Waals surface area contributed by atoms with Crippen molar-refractivity contribution in [1.29, 1.82) is 0 Å². The number of aliphatic hydroxyl groups excluding tert-OH is 1. The summed E-state index contributed by atoms with van der Waals surface area (Å²) in [6.45, 7) is 2.05. The first-order chi connectivity index (χ1) is 7.75. The summed E-state index contributed by atoms with van der Waals surface area (Å²) in [6, 6.07) is 6.27. The average molecular weight is 266 g/mol. The Bertz CT molecular complexity index is 588. The second kappa shape index (κ2) is 3.96. The fraction of sp³-hybridized carbons (Fsp3) is 0.167. The van der Waals surface area contributed by atoms with Gasteiger partial charge in [0.05, 0.1) is 0 Å². The molecular formula is C12H10OS3. The van der Waals surface area contributed by atoms with Gasteiger partial charge in [0.15, 0.2) is 0 Å². The molecular weight excluding hydrogens is 256 g/mol. The first-order valence-corrected chi connectivity index (χ1v) is 7.52. The van der Waals surface area contributed by atoms with Crippen molar-refractivity contribution in [2.24, 2.45) is 0 Å². The Morgan fingerprint density at radius 3 is 2.62 bits per heavy atom. The summed E-state index contributed by atoms with van der Waals surface area (Å²) < 4.78 is 2.54. The summed E-state index contributed by atoms with van der Waals surface area (Å²) in [5.41, 5.74) is 1.18. The van der Waals surface area contributed by atoms with Crippen LogP contribution < -0.4 is 0 Å². The summed E-state index contributed by atoms with van der Waals surface area (Å²) in [6.07, 6.45) is -0.454. The van der Waals surface area contributed by atoms with Crippen molar-refractivity contribution in [3.05, 3.63) is 44.3 Å². The fourth-order valence-corrected chi connectivity index (χ4v) is 4.83. The zero-order valence-corrected chi connectivity index (χ0v) is 11.1. The lowest BCUT2D eigenvalue weighted by Crippen LogP contribution is -1.95. The number of hydrogen-bond donors (Lipinski definition) is 1. The van der Waals surface area contributed by atoms with Crippen LogP contribution in [0, 0.1) is 6.92 Å². The number of rotatable bonds is 2. The van der Waals surface area contributed by atoms with Crippen molar-refractivity contribution in [2.45, 2.75) is 13.0 Å². The van der Waals surface area contributed by atoms with Crippen molar-refractivity contribution in [3.63, 3.8) is 0 Å². The molecule has 1 atom stereocenters. The van der Waals surface area contributed by atoms with Gasteiger partial charge in [-0.15, -0.1) is 34.0 Å². The topological polar surface area (TPSA) is 20.2 Å². The zero-order chi connectivity index (χ0) is 11.1. The number of aryl methyl sites for hydroxylation is 1. The van der Waals surface area contributed by atoms with Crippen LogP contribution in [-0.2, 0) is 0 Å². The molecule has 0 amide bonds. The van der Waals surface area contributed by atoms with E-state index in [0.717, 1.165) is 9.75 Å². The number of fused-ring (bicyclic) bond motifs is 1. The van der Waals surface area contributed by atoms with E-state index in [2.05, 4.69) is 23.6 Å². The molecule has 0 aromatic carbocycles. The molecule has 4 heteroatoms. The first kappa shape index (κ1) is 10.5. The molecule has 3 rings (SSSR count). The highest BCUT2D eigenvalue weighted by atomic mass is 32.1. The van der Waals surface area contributed by atoms with Crippen molar-refractivity contribution < 1.29 is 5.11 Å². The summed E-state index contributed by atoms with van der Waals surface area (Å²) in [4.78, 5) is 2.11. The van der Waals surface area contributed by atoms with Crippen LogP contribution >= 0.6 is 34.0 Å². The highest BCUT2D eigenvalue weighted by Gasteiger charge is 2.17. The van der Waals surface area contributed by atoms with Gasteiger partial charge in [-0.25, -0.2) is 0 Å². The zero-order valence-electron chi connectivity index (χ0n) is 8.64. The predicted molar refractivity (Wildman–Crippen MR) is 72.8 cm³/mol. The summed E-state index contributed by atoms with van der Waals surface area (Å²) in [7, 11) is 0. The van der Waals surface area contributed by atoms with Crippen molar-refractivity contribution in [2.75, 3.05) is 0 Å². The first-order valence-electron chi connectivity index (χ1n) is 4.94. The molecule has 0 aliphatic heterocycles. The van der Waals surface area contributed by atoms with E-state index in [1.165, 1.54) is 15.0 Å². The Morgan fingerprint density at radius 1 is 1.12 bits per heavy atom. The van der Waals surface area contributed by atoms with Gasteiger partial charge in [-0.05, 0) is 41.4 Å². The third-order valence-electron chi connectivity index (χ3n) is 2.58. The second-order valence-corrected chi connectivity index (χ2v) is 6.68. The lowest BCUT2D eigenvalue weighted by molar-refractivity contribution is 0.227. The van der Waals surface area contributed by atoms with E-state index in [1.54, 1.807) is 34.0 Å². The second-order valence-electron chi connectivity index (χ2n) is 3.67. The molecule has 0 saturated heterocycles. The van der Waals surface area contributed by atoms with Crippen LogP contribution in [0.4, 0.5) is 0 Å². The average Bonchev–Trinajstić information content (AvgIpc) is 2.89. The van der Waals surface area contributed by atoms with Crippen LogP contribution in [0.25, 0.3) is 9.40 Å². The van der Waals surface area contributed by atoms with E-state index >= 15 is 0 Å². The quantitative estimate of drug-likeness (QED) is 0.728. The minimum absolute atomic E-state index is 0.454. The monoisotopic (exact) mass is 266 g/mol. The van der Waals surface area contributed by atoms with Crippen LogP contribution in [-0.4, -0.2) is 5.11 Å². The molecule has 0 saturated carbocycles. The molecule has 1 N–H and O–H groups in total. The van der Waals surface area contributed by atoms with Gasteiger partial charge < -0.3 is 5.11 Å². The largest absolute Gasteiger partial charge is 0.382 e. The Kier molecular flexibility index (Phi) is 2.59. The molecule has 1 unspecified atom stereocenters. The van der Waals surface area contributed by atoms with E-state index in [1.807, 2.05) is 12.3 Å². The molecule has 3 aromatic rings. The fourth-order valence-electron chi connectivity index (χ4n) is 1.71. The normalized spacial score (nSPS) is 13.4. The van der Waals surface area contributed by atoms with E-state index in [9.17, 15) is 5.11 Å². The van der Waals surface area contributed by atoms with Crippen LogP contribution in [0.3, 0.4) is 0 Å². The molecule has 0 bridgehead atoms. The van der Waals surface area contributed by atoms with Gasteiger partial charge in [0.2, 0.25) is 0 Å². The van der Waals surface area contributed by atoms with E-state index in [0.29, 0.717) is 0 Å². The van der Waals surface area contributed by atoms with Gasteiger partial charge in [0.25, 0.3) is 0 Å². The third-order valence-corrected chi connectivity index (χ3v) is 5.80. The smallest absolute Gasteiger partial charge is 0.123 e. The maximum absolute atomic E-state index is 10.3. The van der Waals surface area contributed by atoms with Crippen molar-refractivity contribution in [3.8, 4) is 0 Å². The Balaban J connectivity index is 2.04. The molecule has 0 fully saturated rings. The molecule has 82 valence electrons. The summed E-state index contributed by atoms with van der Waals surface area (Å²) >= 11 is 5.04. The minimum atomic E-state index is -0.454. The van der Waals surface area contributed by atoms with Gasteiger partial charge in [0.1, 0.15) is 6.10 Å². The van der Waals surface area contributed by atoms with Gasteiger partial charge in [0, 0.05) is 19.2 Å². The summed E-state index contributed by atoms with van der Waals surface area (Å²) in [5, 5.41) is 14.4. The highest BCUT2D eigenvalue weighted by Crippen LogP contribution is 2.37. The summed E-state index contributed by atoms with van der Waals surface area (Å²) in [5.74, 6) is 0. The van der Waals surface area contributed by atoms with Gasteiger partial charge in [-0.1, -0.05) is 0 Å². The molecule has 1 nitrogen and oxygen atoms in total. The number of hydrogen-bond acceptors (Lipinski definition) is 4. The van der Waals surface area contributed by atoms with E-state index < -0.39 is 6.10 Å². The lowest BCUT2D eigenvalue weighted by atomic mass is 10.2. The third kappa shape index (κ3) is 1.62. The van der Waals surface area contributed by atoms with Crippen molar-refractivity contribution in [1.82, 2.24) is 0 Å². The standard InChI is InChI=1S/C12H10OS3/c1-7-2-4-15-12(7)11(13)10-6-9-8(16-10)3-5-14-9/h2-6,11,13H,1H3. The Labute approximate surface area is 106 Å². The Hall–Kier alpha value is -0.680. The molecule has 0 aliphatic carbocycles. The highest BCUT2D eigenvalue weighted by molar-refractivity contribution is 7.27. The van der Waals surface area contributed by atoms with Crippen LogP contribution in [0.15, 0.2) is 29.0 Å². The molecule has 3 aromatic heterocycles. The Morgan fingerprint density at radius 2 is 1.94 bits per heavy atom. The number of thiophene rings is 3. The van der Waals surface area contributed by atoms with Crippen molar-refractivity contribution >= 4 is 43.4 Å². The maximum Gasteiger partial charge on any atom is 0.123 e. The molecule has 3 heterocycles. The van der Waals surface area contributed by atoms with Crippen LogP contribution in [0.2, 0.25) is 0 Å². The molecule has 0 radical (unpaired) electrons. The van der Waals surface area contributed by atoms with Crippen LogP contribution in [0.1, 0.15) is 21.4 Å². The predicted octanol–water partition coefficient (Wildman–Crippen LogP) is 4.41. The van der Waals surface area contributed by atoms with E-state index in [-0.39, 0.29) is 0 Å². The molecule has 0 aliphatic rings. The SMILES string of the molecule is Cc1ccsc1C(O)c1cc2sccc2s1. The van der Waals surface area contributed by atoms with Gasteiger partial charge in [-0.2, -0.15) is 0 Å². The van der Waals surface area contributed by atoms with Gasteiger partial charge >= 0.3 is 0 Å². The van der Waals surface area contributed by atoms with Crippen LogP contribution in [0.5, 0.6) is 0 Å². The molecule has 16 heavy (non-hydrogen) atoms. The molecule has 0 spiro atoms. The maximum atomic E-state index is 10.3. The minimum Gasteiger partial charge on any atom is -0.382 e. The van der Waals surface area contributed by atoms with E-state index in [4.69, 9.17) is 0 Å².